The van der Waals surface area contributed by atoms with Crippen LogP contribution < -0.4 is 10.6 Å². The molecule has 0 unspecified atom stereocenters. The van der Waals surface area contributed by atoms with E-state index in [1.165, 1.54) is 29.3 Å². The van der Waals surface area contributed by atoms with Crippen LogP contribution >= 0.6 is 0 Å². The highest BCUT2D eigenvalue weighted by Crippen LogP contribution is 2.33. The fourth-order valence-electron chi connectivity index (χ4n) is 4.16. The van der Waals surface area contributed by atoms with E-state index in [1.54, 1.807) is 6.20 Å². The van der Waals surface area contributed by atoms with Gasteiger partial charge in [0, 0.05) is 45.6 Å². The number of hydrogen-bond donors (Lipinski definition) is 4. The molecule has 4 N–H and O–H groups in total. The summed E-state index contributed by atoms with van der Waals surface area (Å²) in [5.41, 5.74) is 6.29. The Morgan fingerprint density at radius 3 is 2.30 bits per heavy atom. The predicted molar refractivity (Wildman–Crippen MR) is 109 cm³/mol. The molecule has 0 saturated carbocycles. The van der Waals surface area contributed by atoms with Gasteiger partial charge in [-0.1, -0.05) is 6.07 Å². The van der Waals surface area contributed by atoms with Crippen molar-refractivity contribution in [2.45, 2.75) is 18.8 Å². The van der Waals surface area contributed by atoms with E-state index >= 15 is 0 Å². The van der Waals surface area contributed by atoms with Crippen molar-refractivity contribution in [1.82, 2.24) is 15.3 Å². The average Bonchev–Trinajstić information content (AvgIpc) is 3.31. The third kappa shape index (κ3) is 2.84. The maximum Gasteiger partial charge on any atom is 0.101 e. The van der Waals surface area contributed by atoms with Crippen molar-refractivity contribution in [2.24, 2.45) is 0 Å². The third-order valence-corrected chi connectivity index (χ3v) is 5.58. The zero-order valence-electron chi connectivity index (χ0n) is 15.0. The van der Waals surface area contributed by atoms with E-state index in [4.69, 9.17) is 5.26 Å². The molecule has 0 atom stereocenters. The summed E-state index contributed by atoms with van der Waals surface area (Å²) in [6, 6.07) is 14.8. The molecule has 0 amide bonds. The van der Waals surface area contributed by atoms with E-state index in [9.17, 15) is 0 Å². The summed E-state index contributed by atoms with van der Waals surface area (Å²) in [7, 11) is 0. The van der Waals surface area contributed by atoms with Crippen molar-refractivity contribution in [1.29, 1.82) is 5.26 Å². The van der Waals surface area contributed by atoms with Crippen LogP contribution in [0, 0.1) is 11.3 Å². The molecule has 27 heavy (non-hydrogen) atoms. The third-order valence-electron chi connectivity index (χ3n) is 5.58. The predicted octanol–water partition coefficient (Wildman–Crippen LogP) is 4.73. The number of aromatic amines is 2. The van der Waals surface area contributed by atoms with Crippen LogP contribution in [0.5, 0.6) is 0 Å². The molecule has 5 heteroatoms. The molecule has 4 aromatic rings. The van der Waals surface area contributed by atoms with Gasteiger partial charge in [-0.05, 0) is 67.7 Å². The summed E-state index contributed by atoms with van der Waals surface area (Å²) in [6.07, 6.45) is 6.34. The van der Waals surface area contributed by atoms with Gasteiger partial charge in [0.15, 0.2) is 0 Å². The molecule has 0 aliphatic carbocycles. The zero-order chi connectivity index (χ0) is 18.2. The van der Waals surface area contributed by atoms with Crippen LogP contribution in [0.25, 0.3) is 21.8 Å². The van der Waals surface area contributed by atoms with Gasteiger partial charge in [0.05, 0.1) is 5.56 Å². The molecule has 1 aliphatic heterocycles. The van der Waals surface area contributed by atoms with Crippen LogP contribution in [0.15, 0.2) is 48.8 Å². The number of piperidine rings is 1. The Morgan fingerprint density at radius 2 is 1.56 bits per heavy atom. The van der Waals surface area contributed by atoms with E-state index in [0.717, 1.165) is 35.4 Å². The van der Waals surface area contributed by atoms with E-state index in [0.29, 0.717) is 11.5 Å². The maximum absolute atomic E-state index is 9.13. The SMILES string of the molecule is N#Cc1c[nH]c2cc(Nc3ccc4c(C5CCNCC5)c[nH]c4c3)ccc12. The minimum atomic E-state index is 0.642. The fraction of sp³-hybridized carbons (Fsp3) is 0.227. The van der Waals surface area contributed by atoms with Gasteiger partial charge in [-0.25, -0.2) is 0 Å². The minimum Gasteiger partial charge on any atom is -0.361 e. The van der Waals surface area contributed by atoms with Gasteiger partial charge in [0.25, 0.3) is 0 Å². The molecule has 5 nitrogen and oxygen atoms in total. The lowest BCUT2D eigenvalue weighted by Crippen LogP contribution is -2.26. The number of benzene rings is 2. The van der Waals surface area contributed by atoms with Gasteiger partial charge in [-0.15, -0.1) is 0 Å². The zero-order valence-corrected chi connectivity index (χ0v) is 15.0. The molecular weight excluding hydrogens is 334 g/mol. The van der Waals surface area contributed by atoms with Crippen LogP contribution in [0.4, 0.5) is 11.4 Å². The average molecular weight is 355 g/mol. The van der Waals surface area contributed by atoms with Gasteiger partial charge >= 0.3 is 0 Å². The molecule has 1 aliphatic rings. The minimum absolute atomic E-state index is 0.642. The highest BCUT2D eigenvalue weighted by atomic mass is 14.9. The van der Waals surface area contributed by atoms with Gasteiger partial charge in [0.2, 0.25) is 0 Å². The standard InChI is InChI=1S/C22H21N5/c23-11-15-12-25-21-9-16(1-3-18(15)21)27-17-2-4-19-20(13-26-22(19)10-17)14-5-7-24-8-6-14/h1-4,9-10,12-14,24-27H,5-8H2. The van der Waals surface area contributed by atoms with Crippen LogP contribution in [0.2, 0.25) is 0 Å². The Morgan fingerprint density at radius 1 is 0.889 bits per heavy atom. The second-order valence-electron chi connectivity index (χ2n) is 7.23. The van der Waals surface area contributed by atoms with Crippen molar-refractivity contribution in [3.05, 3.63) is 59.9 Å². The molecule has 2 aromatic carbocycles. The second kappa shape index (κ2) is 6.49. The molecule has 5 rings (SSSR count). The van der Waals surface area contributed by atoms with Crippen molar-refractivity contribution in [2.75, 3.05) is 18.4 Å². The van der Waals surface area contributed by atoms with Crippen molar-refractivity contribution in [3.8, 4) is 6.07 Å². The monoisotopic (exact) mass is 355 g/mol. The van der Waals surface area contributed by atoms with E-state index in [-0.39, 0.29) is 0 Å². The van der Waals surface area contributed by atoms with Crippen LogP contribution in [-0.4, -0.2) is 23.1 Å². The first-order valence-corrected chi connectivity index (χ1v) is 9.42. The summed E-state index contributed by atoms with van der Waals surface area (Å²) < 4.78 is 0. The highest BCUT2D eigenvalue weighted by Gasteiger charge is 2.18. The van der Waals surface area contributed by atoms with E-state index in [1.807, 2.05) is 18.2 Å². The lowest BCUT2D eigenvalue weighted by Gasteiger charge is -2.22. The molecular formula is C22H21N5. The first kappa shape index (κ1) is 16.0. The smallest absolute Gasteiger partial charge is 0.101 e. The van der Waals surface area contributed by atoms with Crippen LogP contribution in [0.3, 0.4) is 0 Å². The quantitative estimate of drug-likeness (QED) is 0.429. The highest BCUT2D eigenvalue weighted by molar-refractivity contribution is 5.90. The number of H-pyrrole nitrogens is 2. The number of nitrogens with one attached hydrogen (secondary N) is 4. The second-order valence-corrected chi connectivity index (χ2v) is 7.23. The van der Waals surface area contributed by atoms with Gasteiger partial charge < -0.3 is 20.6 Å². The number of hydrogen-bond acceptors (Lipinski definition) is 3. The molecule has 1 fully saturated rings. The number of rotatable bonds is 3. The summed E-state index contributed by atoms with van der Waals surface area (Å²) in [6.45, 7) is 2.21. The van der Waals surface area contributed by atoms with Crippen molar-refractivity contribution >= 4 is 33.2 Å². The molecule has 3 heterocycles. The Balaban J connectivity index is 1.43. The summed E-state index contributed by atoms with van der Waals surface area (Å²) in [4.78, 5) is 6.61. The molecule has 134 valence electrons. The molecule has 1 saturated heterocycles. The van der Waals surface area contributed by atoms with E-state index in [2.05, 4.69) is 51.1 Å². The number of aromatic nitrogens is 2. The number of anilines is 2. The Kier molecular flexibility index (Phi) is 3.84. The number of nitrogens with zero attached hydrogens (tertiary/aromatic N) is 1. The van der Waals surface area contributed by atoms with Gasteiger partial charge in [0.1, 0.15) is 6.07 Å². The fourth-order valence-corrected chi connectivity index (χ4v) is 4.16. The first-order chi connectivity index (χ1) is 13.3. The Hall–Kier alpha value is -3.23. The van der Waals surface area contributed by atoms with Crippen LogP contribution in [0.1, 0.15) is 29.9 Å². The van der Waals surface area contributed by atoms with Crippen molar-refractivity contribution < 1.29 is 0 Å². The topological polar surface area (TPSA) is 79.4 Å². The number of nitriles is 1. The summed E-state index contributed by atoms with van der Waals surface area (Å²) >= 11 is 0. The molecule has 0 bridgehead atoms. The Bertz CT molecular complexity index is 1150. The first-order valence-electron chi connectivity index (χ1n) is 9.42. The molecule has 2 aromatic heterocycles. The largest absolute Gasteiger partial charge is 0.361 e. The van der Waals surface area contributed by atoms with Gasteiger partial charge in [-0.2, -0.15) is 5.26 Å². The molecule has 0 radical (unpaired) electrons. The Labute approximate surface area is 157 Å². The summed E-state index contributed by atoms with van der Waals surface area (Å²) in [5, 5.41) is 18.3. The van der Waals surface area contributed by atoms with E-state index < -0.39 is 0 Å². The lowest BCUT2D eigenvalue weighted by atomic mass is 9.90. The van der Waals surface area contributed by atoms with Gasteiger partial charge in [-0.3, -0.25) is 0 Å². The molecule has 0 spiro atoms. The number of fused-ring (bicyclic) bond motifs is 2. The normalized spacial score (nSPS) is 15.2. The van der Waals surface area contributed by atoms with Crippen LogP contribution in [-0.2, 0) is 0 Å². The maximum atomic E-state index is 9.13. The lowest BCUT2D eigenvalue weighted by molar-refractivity contribution is 0.462. The van der Waals surface area contributed by atoms with Crippen molar-refractivity contribution in [3.63, 3.8) is 0 Å². The summed E-state index contributed by atoms with van der Waals surface area (Å²) in [5.74, 6) is 0.642.